The molecule has 0 nitrogen and oxygen atoms in total. The van der Waals surface area contributed by atoms with Crippen LogP contribution >= 0.6 is 0 Å². The maximum absolute atomic E-state index is 2.72. The van der Waals surface area contributed by atoms with Crippen LogP contribution < -0.4 is 0 Å². The summed E-state index contributed by atoms with van der Waals surface area (Å²) in [5.74, 6) is 0.877. The molecule has 0 rings (SSSR count). The summed E-state index contributed by atoms with van der Waals surface area (Å²) in [6.45, 7) is 4.48. The second kappa shape index (κ2) is 4.41. The Balaban J connectivity index is 2.63. The second-order valence-corrected chi connectivity index (χ2v) is 2.75. The molecule has 0 aliphatic rings. The molecule has 0 saturated heterocycles. The van der Waals surface area contributed by atoms with E-state index in [9.17, 15) is 0 Å². The van der Waals surface area contributed by atoms with E-state index < -0.39 is 0 Å². The predicted octanol–water partition coefficient (Wildman–Crippen LogP) is 2.00. The van der Waals surface area contributed by atoms with E-state index in [2.05, 4.69) is 49.2 Å². The van der Waals surface area contributed by atoms with Gasteiger partial charge in [0.2, 0.25) is 0 Å². The molecule has 0 aromatic carbocycles. The fraction of sp³-hybridized carbons (Fsp3) is 1.00. The van der Waals surface area contributed by atoms with Crippen molar-refractivity contribution in [2.75, 3.05) is 0 Å². The van der Waals surface area contributed by atoms with Gasteiger partial charge in [0.1, 0.15) is 0 Å². The van der Waals surface area contributed by atoms with Crippen LogP contribution in [-0.4, -0.2) is 0 Å². The quantitative estimate of drug-likeness (QED) is 0.690. The Morgan fingerprint density at radius 2 is 2.00 bits per heavy atom. The summed E-state index contributed by atoms with van der Waals surface area (Å²) in [6, 6.07) is 0. The molecular weight excluding hydrogens is 227 g/mol. The zero-order valence-corrected chi connectivity index (χ0v) is 6.13. The molecule has 0 spiro atoms. The standard InChI is InChI=1S/C5H11.Er/c1-4-5(2)3;/h5H,1,4H2,2-3H3;. The number of hydrogen-bond donors (Lipinski definition) is 0. The molecule has 0 atom stereocenters. The van der Waals surface area contributed by atoms with Crippen molar-refractivity contribution in [2.45, 2.75) is 22.8 Å². The molecule has 1 heteroatoms. The summed E-state index contributed by atoms with van der Waals surface area (Å²) in [4.78, 5) is 0. The van der Waals surface area contributed by atoms with Crippen LogP contribution in [0.3, 0.4) is 0 Å². The van der Waals surface area contributed by atoms with Gasteiger partial charge < -0.3 is 0 Å². The Labute approximate surface area is 63.6 Å². The van der Waals surface area contributed by atoms with Crippen molar-refractivity contribution in [1.29, 1.82) is 0 Å². The molecule has 0 radical (unpaired) electrons. The van der Waals surface area contributed by atoms with Crippen LogP contribution in [0.25, 0.3) is 0 Å². The summed E-state index contributed by atoms with van der Waals surface area (Å²) in [7, 11) is 0. The maximum atomic E-state index is 2.72. The summed E-state index contributed by atoms with van der Waals surface area (Å²) in [5, 5.41) is 0. The first-order valence-corrected chi connectivity index (χ1v) is 3.58. The van der Waals surface area contributed by atoms with E-state index in [-0.39, 0.29) is 0 Å². The van der Waals surface area contributed by atoms with E-state index in [1.807, 2.05) is 0 Å². The van der Waals surface area contributed by atoms with Gasteiger partial charge in [-0.1, -0.05) is 0 Å². The van der Waals surface area contributed by atoms with Gasteiger partial charge in [-0.15, -0.1) is 0 Å². The van der Waals surface area contributed by atoms with Crippen LogP contribution in [0.5, 0.6) is 0 Å². The van der Waals surface area contributed by atoms with E-state index in [1.165, 1.54) is 9.00 Å². The fourth-order valence-corrected chi connectivity index (χ4v) is 1.24. The van der Waals surface area contributed by atoms with Crippen molar-refractivity contribution in [2.24, 2.45) is 5.92 Å². The van der Waals surface area contributed by atoms with Gasteiger partial charge in [0.25, 0.3) is 0 Å². The Hall–Kier alpha value is 1.25. The molecule has 0 aromatic rings. The van der Waals surface area contributed by atoms with E-state index >= 15 is 0 Å². The molecule has 0 aliphatic heterocycles. The molecular formula is C5H11Er. The number of hydrogen-bond acceptors (Lipinski definition) is 0. The summed E-state index contributed by atoms with van der Waals surface area (Å²) < 4.78 is 1.25. The Morgan fingerprint density at radius 3 is 2.00 bits per heavy atom. The molecule has 0 saturated carbocycles. The third kappa shape index (κ3) is 5.25. The van der Waals surface area contributed by atoms with Gasteiger partial charge in [-0.2, -0.15) is 0 Å². The van der Waals surface area contributed by atoms with E-state index in [0.717, 1.165) is 5.92 Å². The normalized spacial score (nSPS) is 10.2. The third-order valence-electron chi connectivity index (χ3n) is 0.661. The van der Waals surface area contributed by atoms with E-state index in [1.54, 1.807) is 0 Å². The van der Waals surface area contributed by atoms with Gasteiger partial charge in [-0.05, 0) is 0 Å². The van der Waals surface area contributed by atoms with Crippen LogP contribution in [0, 0.1) is 41.3 Å². The second-order valence-electron chi connectivity index (χ2n) is 1.83. The fourth-order valence-electron chi connectivity index (χ4n) is 0.167. The summed E-state index contributed by atoms with van der Waals surface area (Å²) in [5.41, 5.74) is 0. The average Bonchev–Trinajstić information content (AvgIpc) is 1.35. The topological polar surface area (TPSA) is 0 Å². The van der Waals surface area contributed by atoms with Crippen molar-refractivity contribution in [3.05, 3.63) is 0 Å². The van der Waals surface area contributed by atoms with Crippen molar-refractivity contribution in [3.8, 4) is 0 Å². The molecule has 0 aromatic heterocycles. The van der Waals surface area contributed by atoms with Gasteiger partial charge in [0.15, 0.2) is 0 Å². The molecule has 43 valence electrons. The van der Waals surface area contributed by atoms with Crippen molar-refractivity contribution < 1.29 is 35.4 Å². The van der Waals surface area contributed by atoms with Crippen molar-refractivity contribution in [3.63, 3.8) is 0 Å². The Morgan fingerprint density at radius 1 is 1.50 bits per heavy atom. The Kier molecular flexibility index (Phi) is 5.32. The molecule has 0 unspecified atom stereocenters. The Bertz CT molecular complexity index is 25.1. The number of rotatable bonds is 2. The minimum atomic E-state index is 0.877. The van der Waals surface area contributed by atoms with Gasteiger partial charge in [-0.25, -0.2) is 0 Å². The van der Waals surface area contributed by atoms with Gasteiger partial charge in [0.05, 0.1) is 0 Å². The zero-order chi connectivity index (χ0) is 4.99. The molecule has 0 heterocycles. The average molecular weight is 238 g/mol. The van der Waals surface area contributed by atoms with Crippen molar-refractivity contribution in [1.82, 2.24) is 0 Å². The van der Waals surface area contributed by atoms with E-state index in [4.69, 9.17) is 0 Å². The predicted molar refractivity (Wildman–Crippen MR) is 24.3 cm³/mol. The minimum absolute atomic E-state index is 0.877. The molecule has 0 fully saturated rings. The van der Waals surface area contributed by atoms with Gasteiger partial charge in [0, 0.05) is 0 Å². The molecule has 0 N–H and O–H groups in total. The van der Waals surface area contributed by atoms with Gasteiger partial charge >= 0.3 is 64.1 Å². The van der Waals surface area contributed by atoms with Crippen LogP contribution in [0.1, 0.15) is 20.3 Å². The molecule has 0 bridgehead atoms. The van der Waals surface area contributed by atoms with Crippen molar-refractivity contribution >= 4 is 0 Å². The first kappa shape index (κ1) is 7.25. The SMILES string of the molecule is CC(C)C[CH2][Er]. The third-order valence-corrected chi connectivity index (χ3v) is 1.20. The van der Waals surface area contributed by atoms with E-state index in [0.29, 0.717) is 0 Å². The molecule has 6 heavy (non-hydrogen) atoms. The van der Waals surface area contributed by atoms with Crippen LogP contribution in [-0.2, 0) is 0 Å². The monoisotopic (exact) mass is 237 g/mol. The van der Waals surface area contributed by atoms with Crippen LogP contribution in [0.4, 0.5) is 0 Å². The molecule has 0 aliphatic carbocycles. The summed E-state index contributed by atoms with van der Waals surface area (Å²) in [6.07, 6.45) is 1.34. The zero-order valence-electron chi connectivity index (χ0n) is 4.28. The van der Waals surface area contributed by atoms with Gasteiger partial charge in [-0.3, -0.25) is 0 Å². The molecule has 0 amide bonds. The first-order valence-electron chi connectivity index (χ1n) is 2.27. The van der Waals surface area contributed by atoms with Crippen LogP contribution in [0.2, 0.25) is 2.58 Å². The summed E-state index contributed by atoms with van der Waals surface area (Å²) >= 11 is 2.72. The first-order chi connectivity index (χ1) is 2.77. The van der Waals surface area contributed by atoms with Crippen LogP contribution in [0.15, 0.2) is 0 Å².